The highest BCUT2D eigenvalue weighted by Gasteiger charge is 2.09. The summed E-state index contributed by atoms with van der Waals surface area (Å²) in [6.07, 6.45) is 2.02. The van der Waals surface area contributed by atoms with E-state index >= 15 is 0 Å². The second kappa shape index (κ2) is 7.89. The maximum atomic E-state index is 12.8. The zero-order chi connectivity index (χ0) is 14.3. The van der Waals surface area contributed by atoms with Gasteiger partial charge in [0, 0.05) is 12.5 Å². The van der Waals surface area contributed by atoms with Crippen LogP contribution in [0, 0.1) is 11.7 Å². The first-order valence-corrected chi connectivity index (χ1v) is 6.75. The number of nitrogens with two attached hydrogens (primary N) is 1. The lowest BCUT2D eigenvalue weighted by molar-refractivity contribution is -0.121. The molecule has 3 nitrogen and oxygen atoms in total. The van der Waals surface area contributed by atoms with Gasteiger partial charge in [0.25, 0.3) is 0 Å². The van der Waals surface area contributed by atoms with Gasteiger partial charge in [0.1, 0.15) is 5.82 Å². The number of benzene rings is 1. The summed E-state index contributed by atoms with van der Waals surface area (Å²) in [7, 11) is 0. The van der Waals surface area contributed by atoms with Crippen molar-refractivity contribution in [3.63, 3.8) is 0 Å². The molecule has 0 aliphatic carbocycles. The van der Waals surface area contributed by atoms with Gasteiger partial charge in [-0.1, -0.05) is 19.1 Å². The molecule has 4 heteroatoms. The van der Waals surface area contributed by atoms with Gasteiger partial charge in [-0.15, -0.1) is 0 Å². The number of carbonyl (C=O) groups is 1. The number of carbonyl (C=O) groups excluding carboxylic acids is 1. The lowest BCUT2D eigenvalue weighted by Crippen LogP contribution is -2.34. The highest BCUT2D eigenvalue weighted by molar-refractivity contribution is 5.76. The Bertz CT molecular complexity index is 392. The maximum absolute atomic E-state index is 12.8. The number of amides is 1. The standard InChI is InChI=1S/C15H23FN2O/c1-11(10-17)3-8-15(19)18-12(2)9-13-4-6-14(16)7-5-13/h4-7,11-12H,3,8-10,17H2,1-2H3,(H,18,19). The quantitative estimate of drug-likeness (QED) is 0.795. The maximum Gasteiger partial charge on any atom is 0.220 e. The summed E-state index contributed by atoms with van der Waals surface area (Å²) in [5.41, 5.74) is 6.53. The van der Waals surface area contributed by atoms with Crippen LogP contribution in [0.25, 0.3) is 0 Å². The van der Waals surface area contributed by atoms with Crippen molar-refractivity contribution in [1.29, 1.82) is 0 Å². The molecule has 0 heterocycles. The van der Waals surface area contributed by atoms with E-state index in [0.717, 1.165) is 12.0 Å². The SMILES string of the molecule is CC(CN)CCC(=O)NC(C)Cc1ccc(F)cc1. The fourth-order valence-electron chi connectivity index (χ4n) is 1.87. The van der Waals surface area contributed by atoms with Crippen molar-refractivity contribution < 1.29 is 9.18 Å². The van der Waals surface area contributed by atoms with E-state index in [4.69, 9.17) is 5.73 Å². The highest BCUT2D eigenvalue weighted by Crippen LogP contribution is 2.07. The molecule has 1 aromatic rings. The fourth-order valence-corrected chi connectivity index (χ4v) is 1.87. The van der Waals surface area contributed by atoms with Crippen LogP contribution in [-0.4, -0.2) is 18.5 Å². The third-order valence-corrected chi connectivity index (χ3v) is 3.13. The molecular weight excluding hydrogens is 243 g/mol. The molecule has 0 saturated heterocycles. The first-order valence-electron chi connectivity index (χ1n) is 6.75. The molecule has 1 rings (SSSR count). The molecule has 106 valence electrons. The second-order valence-corrected chi connectivity index (χ2v) is 5.18. The summed E-state index contributed by atoms with van der Waals surface area (Å²) in [6.45, 7) is 4.60. The van der Waals surface area contributed by atoms with Crippen molar-refractivity contribution in [2.75, 3.05) is 6.54 Å². The van der Waals surface area contributed by atoms with E-state index in [1.165, 1.54) is 12.1 Å². The van der Waals surface area contributed by atoms with Crippen molar-refractivity contribution in [2.45, 2.75) is 39.2 Å². The molecule has 0 fully saturated rings. The molecule has 0 aliphatic rings. The Kier molecular flexibility index (Phi) is 6.50. The lowest BCUT2D eigenvalue weighted by Gasteiger charge is -2.15. The van der Waals surface area contributed by atoms with Crippen LogP contribution < -0.4 is 11.1 Å². The van der Waals surface area contributed by atoms with E-state index in [1.54, 1.807) is 12.1 Å². The van der Waals surface area contributed by atoms with Crippen LogP contribution in [0.1, 0.15) is 32.3 Å². The summed E-state index contributed by atoms with van der Waals surface area (Å²) in [4.78, 5) is 11.7. The fraction of sp³-hybridized carbons (Fsp3) is 0.533. The molecule has 3 N–H and O–H groups in total. The van der Waals surface area contributed by atoms with Crippen molar-refractivity contribution in [2.24, 2.45) is 11.7 Å². The minimum atomic E-state index is -0.240. The Labute approximate surface area is 114 Å². The average Bonchev–Trinajstić information content (AvgIpc) is 2.38. The summed E-state index contributed by atoms with van der Waals surface area (Å²) in [5.74, 6) is 0.185. The molecule has 0 aliphatic heterocycles. The Hall–Kier alpha value is -1.42. The molecule has 0 radical (unpaired) electrons. The zero-order valence-corrected chi connectivity index (χ0v) is 11.7. The van der Waals surface area contributed by atoms with Gasteiger partial charge < -0.3 is 11.1 Å². The van der Waals surface area contributed by atoms with Gasteiger partial charge in [0.15, 0.2) is 0 Å². The van der Waals surface area contributed by atoms with Crippen LogP contribution in [0.15, 0.2) is 24.3 Å². The van der Waals surface area contributed by atoms with Crippen LogP contribution >= 0.6 is 0 Å². The number of hydrogen-bond acceptors (Lipinski definition) is 2. The topological polar surface area (TPSA) is 55.1 Å². The number of rotatable bonds is 7. The largest absolute Gasteiger partial charge is 0.353 e. The van der Waals surface area contributed by atoms with Crippen LogP contribution in [0.2, 0.25) is 0 Å². The number of halogens is 1. The van der Waals surface area contributed by atoms with Crippen LogP contribution in [0.3, 0.4) is 0 Å². The van der Waals surface area contributed by atoms with Crippen LogP contribution in [0.4, 0.5) is 4.39 Å². The molecule has 1 amide bonds. The van der Waals surface area contributed by atoms with Crippen molar-refractivity contribution >= 4 is 5.91 Å². The van der Waals surface area contributed by atoms with Gasteiger partial charge >= 0.3 is 0 Å². The van der Waals surface area contributed by atoms with E-state index in [0.29, 0.717) is 25.3 Å². The molecule has 2 atom stereocenters. The zero-order valence-electron chi connectivity index (χ0n) is 11.7. The average molecular weight is 266 g/mol. The molecule has 0 aromatic heterocycles. The van der Waals surface area contributed by atoms with E-state index in [-0.39, 0.29) is 17.8 Å². The van der Waals surface area contributed by atoms with E-state index in [2.05, 4.69) is 5.32 Å². The molecule has 2 unspecified atom stereocenters. The van der Waals surface area contributed by atoms with Gasteiger partial charge in [0.05, 0.1) is 0 Å². The van der Waals surface area contributed by atoms with Gasteiger partial charge in [-0.3, -0.25) is 4.79 Å². The smallest absolute Gasteiger partial charge is 0.220 e. The van der Waals surface area contributed by atoms with Gasteiger partial charge in [-0.2, -0.15) is 0 Å². The Balaban J connectivity index is 2.32. The molecule has 19 heavy (non-hydrogen) atoms. The molecular formula is C15H23FN2O. The van der Waals surface area contributed by atoms with Gasteiger partial charge in [-0.05, 0) is 49.9 Å². The molecule has 1 aromatic carbocycles. The minimum absolute atomic E-state index is 0.0474. The third kappa shape index (κ3) is 6.34. The summed E-state index contributed by atoms with van der Waals surface area (Å²) in [6, 6.07) is 6.41. The van der Waals surface area contributed by atoms with Gasteiger partial charge in [0.2, 0.25) is 5.91 Å². The summed E-state index contributed by atoms with van der Waals surface area (Å²) >= 11 is 0. The van der Waals surface area contributed by atoms with Crippen LogP contribution in [-0.2, 0) is 11.2 Å². The first-order chi connectivity index (χ1) is 9.01. The Morgan fingerprint density at radius 3 is 2.53 bits per heavy atom. The molecule has 0 bridgehead atoms. The summed E-state index contributed by atoms with van der Waals surface area (Å²) < 4.78 is 12.8. The normalized spacial score (nSPS) is 13.9. The Morgan fingerprint density at radius 1 is 1.32 bits per heavy atom. The van der Waals surface area contributed by atoms with E-state index < -0.39 is 0 Å². The monoisotopic (exact) mass is 266 g/mol. The number of hydrogen-bond donors (Lipinski definition) is 2. The van der Waals surface area contributed by atoms with Crippen LogP contribution in [0.5, 0.6) is 0 Å². The van der Waals surface area contributed by atoms with E-state index in [1.807, 2.05) is 13.8 Å². The highest BCUT2D eigenvalue weighted by atomic mass is 19.1. The molecule has 0 saturated carbocycles. The minimum Gasteiger partial charge on any atom is -0.353 e. The molecule has 0 spiro atoms. The van der Waals surface area contributed by atoms with Gasteiger partial charge in [-0.25, -0.2) is 4.39 Å². The van der Waals surface area contributed by atoms with E-state index in [9.17, 15) is 9.18 Å². The number of nitrogens with one attached hydrogen (secondary N) is 1. The van der Waals surface area contributed by atoms with Crippen molar-refractivity contribution in [1.82, 2.24) is 5.32 Å². The Morgan fingerprint density at radius 2 is 1.95 bits per heavy atom. The third-order valence-electron chi connectivity index (χ3n) is 3.13. The lowest BCUT2D eigenvalue weighted by atomic mass is 10.0. The first kappa shape index (κ1) is 15.6. The van der Waals surface area contributed by atoms with Crippen molar-refractivity contribution in [3.8, 4) is 0 Å². The van der Waals surface area contributed by atoms with Crippen molar-refractivity contribution in [3.05, 3.63) is 35.6 Å². The predicted molar refractivity (Wildman–Crippen MR) is 75.2 cm³/mol. The second-order valence-electron chi connectivity index (χ2n) is 5.18. The predicted octanol–water partition coefficient (Wildman–Crippen LogP) is 2.25. The summed E-state index contributed by atoms with van der Waals surface area (Å²) in [5, 5.41) is 2.95.